The summed E-state index contributed by atoms with van der Waals surface area (Å²) >= 11 is 4.83. The van der Waals surface area contributed by atoms with Crippen LogP contribution in [-0.2, 0) is 4.74 Å². The number of carbonyl (C=O) groups is 1. The molecule has 5 nitrogen and oxygen atoms in total. The zero-order chi connectivity index (χ0) is 12.7. The highest BCUT2D eigenvalue weighted by Crippen LogP contribution is 2.10. The van der Waals surface area contributed by atoms with Gasteiger partial charge >= 0.3 is 6.09 Å². The Morgan fingerprint density at radius 2 is 2.35 bits per heavy atom. The molecule has 1 saturated heterocycles. The fourth-order valence-electron chi connectivity index (χ4n) is 2.01. The molecular weight excluding hydrogens is 238 g/mol. The lowest BCUT2D eigenvalue weighted by Crippen LogP contribution is -2.37. The first-order valence-corrected chi connectivity index (χ1v) is 6.37. The minimum absolute atomic E-state index is 0.220. The Hall–Kier alpha value is -0.880. The van der Waals surface area contributed by atoms with Crippen molar-refractivity contribution in [3.63, 3.8) is 0 Å². The third-order valence-electron chi connectivity index (χ3n) is 2.93. The average molecular weight is 259 g/mol. The van der Waals surface area contributed by atoms with E-state index >= 15 is 0 Å². The van der Waals surface area contributed by atoms with Crippen LogP contribution in [0.4, 0.5) is 4.79 Å². The number of hydrogen-bond donors (Lipinski definition) is 2. The van der Waals surface area contributed by atoms with Crippen molar-refractivity contribution in [3.05, 3.63) is 0 Å². The number of nitrogens with two attached hydrogens (primary N) is 1. The summed E-state index contributed by atoms with van der Waals surface area (Å²) in [6, 6.07) is 0.220. The molecule has 0 saturated carbocycles. The third kappa shape index (κ3) is 5.83. The first-order chi connectivity index (χ1) is 8.11. The molecule has 1 atom stereocenters. The van der Waals surface area contributed by atoms with Crippen molar-refractivity contribution in [2.45, 2.75) is 31.7 Å². The molecule has 6 heteroatoms. The van der Waals surface area contributed by atoms with Gasteiger partial charge in [0.2, 0.25) is 0 Å². The van der Waals surface area contributed by atoms with E-state index in [9.17, 15) is 4.79 Å². The molecule has 1 amide bonds. The third-order valence-corrected chi connectivity index (χ3v) is 3.13. The number of thiocarbonyl (C=S) groups is 1. The number of carbonyl (C=O) groups excluding carboxylic acids is 1. The maximum absolute atomic E-state index is 11.0. The minimum atomic E-state index is -0.342. The summed E-state index contributed by atoms with van der Waals surface area (Å²) in [5.41, 5.74) is 5.44. The number of likely N-dealkylation sites (tertiary alicyclic amines) is 1. The Labute approximate surface area is 108 Å². The van der Waals surface area contributed by atoms with Crippen molar-refractivity contribution >= 4 is 23.3 Å². The molecule has 0 aliphatic carbocycles. The molecular formula is C11H21N3O2S. The second-order valence-electron chi connectivity index (χ2n) is 4.35. The van der Waals surface area contributed by atoms with Crippen LogP contribution in [-0.4, -0.2) is 48.8 Å². The van der Waals surface area contributed by atoms with Gasteiger partial charge in [-0.2, -0.15) is 0 Å². The second-order valence-corrected chi connectivity index (χ2v) is 4.87. The highest BCUT2D eigenvalue weighted by molar-refractivity contribution is 7.80. The maximum atomic E-state index is 11.0. The molecule has 3 N–H and O–H groups in total. The Kier molecular flexibility index (Phi) is 6.21. The van der Waals surface area contributed by atoms with Gasteiger partial charge in [0.25, 0.3) is 0 Å². The van der Waals surface area contributed by atoms with E-state index in [1.807, 2.05) is 0 Å². The zero-order valence-corrected chi connectivity index (χ0v) is 11.1. The summed E-state index contributed by atoms with van der Waals surface area (Å²) in [6.45, 7) is 2.98. The molecule has 0 radical (unpaired) electrons. The largest absolute Gasteiger partial charge is 0.453 e. The summed E-state index contributed by atoms with van der Waals surface area (Å²) in [5, 5.41) is 2.82. The second kappa shape index (κ2) is 7.45. The number of amides is 1. The Morgan fingerprint density at radius 1 is 1.59 bits per heavy atom. The van der Waals surface area contributed by atoms with E-state index in [2.05, 4.69) is 15.0 Å². The van der Waals surface area contributed by atoms with Crippen molar-refractivity contribution in [3.8, 4) is 0 Å². The van der Waals surface area contributed by atoms with Crippen molar-refractivity contribution < 1.29 is 9.53 Å². The molecule has 0 aromatic carbocycles. The van der Waals surface area contributed by atoms with E-state index in [0.717, 1.165) is 45.3 Å². The predicted octanol–water partition coefficient (Wildman–Crippen LogP) is 0.873. The number of unbranched alkanes of at least 4 members (excludes halogenated alkanes) is 1. The summed E-state index contributed by atoms with van der Waals surface area (Å²) in [5.74, 6) is 0. The fourth-order valence-corrected chi connectivity index (χ4v) is 2.16. The quantitative estimate of drug-likeness (QED) is 0.547. The lowest BCUT2D eigenvalue weighted by molar-refractivity contribution is 0.166. The van der Waals surface area contributed by atoms with Gasteiger partial charge in [0.1, 0.15) is 0 Å². The van der Waals surface area contributed by atoms with E-state index < -0.39 is 0 Å². The SMILES string of the molecule is COC(=O)NC1CCN(CCCCC(N)=S)C1. The van der Waals surface area contributed by atoms with Crippen molar-refractivity contribution in [1.82, 2.24) is 10.2 Å². The molecule has 98 valence electrons. The Balaban J connectivity index is 2.09. The van der Waals surface area contributed by atoms with Crippen molar-refractivity contribution in [1.29, 1.82) is 0 Å². The van der Waals surface area contributed by atoms with Crippen LogP contribution in [0.5, 0.6) is 0 Å². The molecule has 1 aliphatic heterocycles. The smallest absolute Gasteiger partial charge is 0.407 e. The standard InChI is InChI=1S/C11H21N3O2S/c1-16-11(15)13-9-5-7-14(8-9)6-3-2-4-10(12)17/h9H,2-8H2,1H3,(H2,12,17)(H,13,15). The average Bonchev–Trinajstić information content (AvgIpc) is 2.72. The van der Waals surface area contributed by atoms with Crippen LogP contribution in [0.1, 0.15) is 25.7 Å². The monoisotopic (exact) mass is 259 g/mol. The minimum Gasteiger partial charge on any atom is -0.453 e. The number of alkyl carbamates (subject to hydrolysis) is 1. The van der Waals surface area contributed by atoms with E-state index in [-0.39, 0.29) is 12.1 Å². The van der Waals surface area contributed by atoms with Gasteiger partial charge in [-0.1, -0.05) is 12.2 Å². The number of nitrogens with one attached hydrogen (secondary N) is 1. The van der Waals surface area contributed by atoms with Gasteiger partial charge in [-0.3, -0.25) is 0 Å². The molecule has 1 fully saturated rings. The fraction of sp³-hybridized carbons (Fsp3) is 0.818. The van der Waals surface area contributed by atoms with Gasteiger partial charge in [0, 0.05) is 19.1 Å². The topological polar surface area (TPSA) is 67.6 Å². The Bertz CT molecular complexity index is 273. The molecule has 1 unspecified atom stereocenters. The lowest BCUT2D eigenvalue weighted by Gasteiger charge is -2.16. The molecule has 0 spiro atoms. The van der Waals surface area contributed by atoms with Gasteiger partial charge in [-0.05, 0) is 32.2 Å². The molecule has 0 aromatic heterocycles. The summed E-state index contributed by atoms with van der Waals surface area (Å²) in [6.07, 6.45) is 3.62. The molecule has 17 heavy (non-hydrogen) atoms. The zero-order valence-electron chi connectivity index (χ0n) is 10.3. The lowest BCUT2D eigenvalue weighted by atomic mass is 10.2. The molecule has 1 aliphatic rings. The van der Waals surface area contributed by atoms with Crippen molar-refractivity contribution in [2.24, 2.45) is 5.73 Å². The van der Waals surface area contributed by atoms with Crippen LogP contribution in [0.3, 0.4) is 0 Å². The number of nitrogens with zero attached hydrogens (tertiary/aromatic N) is 1. The van der Waals surface area contributed by atoms with Gasteiger partial charge in [0.05, 0.1) is 12.1 Å². The van der Waals surface area contributed by atoms with Gasteiger partial charge in [-0.25, -0.2) is 4.79 Å². The van der Waals surface area contributed by atoms with E-state index in [0.29, 0.717) is 4.99 Å². The van der Waals surface area contributed by atoms with E-state index in [1.54, 1.807) is 0 Å². The highest BCUT2D eigenvalue weighted by Gasteiger charge is 2.23. The first kappa shape index (κ1) is 14.2. The van der Waals surface area contributed by atoms with Gasteiger partial charge in [0.15, 0.2) is 0 Å². The normalized spacial score (nSPS) is 20.2. The summed E-state index contributed by atoms with van der Waals surface area (Å²) < 4.78 is 4.58. The first-order valence-electron chi connectivity index (χ1n) is 5.97. The number of ether oxygens (including phenoxy) is 1. The van der Waals surface area contributed by atoms with Crippen LogP contribution >= 0.6 is 12.2 Å². The number of methoxy groups -OCH3 is 1. The van der Waals surface area contributed by atoms with Crippen LogP contribution in [0.2, 0.25) is 0 Å². The number of rotatable bonds is 6. The summed E-state index contributed by atoms with van der Waals surface area (Å²) in [4.78, 5) is 14.0. The molecule has 0 aromatic rings. The molecule has 0 bridgehead atoms. The van der Waals surface area contributed by atoms with Crippen LogP contribution in [0, 0.1) is 0 Å². The van der Waals surface area contributed by atoms with E-state index in [4.69, 9.17) is 18.0 Å². The predicted molar refractivity (Wildman–Crippen MR) is 71.0 cm³/mol. The Morgan fingerprint density at radius 3 is 3.00 bits per heavy atom. The molecule has 1 heterocycles. The summed E-state index contributed by atoms with van der Waals surface area (Å²) in [7, 11) is 1.39. The number of hydrogen-bond acceptors (Lipinski definition) is 4. The molecule has 1 rings (SSSR count). The maximum Gasteiger partial charge on any atom is 0.407 e. The van der Waals surface area contributed by atoms with Crippen LogP contribution < -0.4 is 11.1 Å². The van der Waals surface area contributed by atoms with Crippen LogP contribution in [0.25, 0.3) is 0 Å². The van der Waals surface area contributed by atoms with E-state index in [1.165, 1.54) is 7.11 Å². The van der Waals surface area contributed by atoms with Gasteiger partial charge in [-0.15, -0.1) is 0 Å². The van der Waals surface area contributed by atoms with Crippen molar-refractivity contribution in [2.75, 3.05) is 26.7 Å². The van der Waals surface area contributed by atoms with Crippen LogP contribution in [0.15, 0.2) is 0 Å². The van der Waals surface area contributed by atoms with Gasteiger partial charge < -0.3 is 20.7 Å². The highest BCUT2D eigenvalue weighted by atomic mass is 32.1.